The monoisotopic (exact) mass is 265 g/mol. The summed E-state index contributed by atoms with van der Waals surface area (Å²) in [7, 11) is 0. The minimum absolute atomic E-state index is 0.129. The van der Waals surface area contributed by atoms with Gasteiger partial charge in [-0.3, -0.25) is 4.98 Å². The summed E-state index contributed by atoms with van der Waals surface area (Å²) in [4.78, 5) is 15.7. The van der Waals surface area contributed by atoms with Gasteiger partial charge < -0.3 is 10.6 Å². The molecular weight excluding hydrogens is 246 g/mol. The van der Waals surface area contributed by atoms with Gasteiger partial charge in [0, 0.05) is 17.5 Å². The minimum atomic E-state index is -0.129. The molecule has 1 aliphatic rings. The Labute approximate surface area is 112 Å². The van der Waals surface area contributed by atoms with E-state index in [2.05, 4.69) is 22.5 Å². The predicted molar refractivity (Wildman–Crippen MR) is 76.0 cm³/mol. The van der Waals surface area contributed by atoms with Crippen LogP contribution in [-0.2, 0) is 0 Å². The van der Waals surface area contributed by atoms with Crippen molar-refractivity contribution in [3.05, 3.63) is 24.5 Å². The fraction of sp³-hybridized carbons (Fsp3) is 0.538. The number of hydrogen-bond donors (Lipinski definition) is 2. The zero-order valence-corrected chi connectivity index (χ0v) is 11.4. The molecule has 2 amide bonds. The molecule has 0 saturated heterocycles. The summed E-state index contributed by atoms with van der Waals surface area (Å²) in [6, 6.07) is 3.82. The first-order chi connectivity index (χ1) is 8.78. The predicted octanol–water partition coefficient (Wildman–Crippen LogP) is 2.88. The lowest BCUT2D eigenvalue weighted by Crippen LogP contribution is -2.36. The molecule has 18 heavy (non-hydrogen) atoms. The fourth-order valence-electron chi connectivity index (χ4n) is 2.25. The van der Waals surface area contributed by atoms with Crippen LogP contribution in [0.4, 0.5) is 10.5 Å². The summed E-state index contributed by atoms with van der Waals surface area (Å²) in [5.41, 5.74) is 0.729. The van der Waals surface area contributed by atoms with E-state index in [1.54, 1.807) is 18.5 Å². The first-order valence-electron chi connectivity index (χ1n) is 6.37. The minimum Gasteiger partial charge on any atom is -0.335 e. The number of nitrogens with one attached hydrogen (secondary N) is 2. The second kappa shape index (κ2) is 6.64. The normalized spacial score (nSPS) is 22.7. The van der Waals surface area contributed by atoms with Gasteiger partial charge in [-0.15, -0.1) is 0 Å². The largest absolute Gasteiger partial charge is 0.335 e. The quantitative estimate of drug-likeness (QED) is 0.880. The molecule has 1 aromatic rings. The summed E-state index contributed by atoms with van der Waals surface area (Å²) in [5, 5.41) is 6.53. The van der Waals surface area contributed by atoms with Crippen LogP contribution in [0.2, 0.25) is 0 Å². The fourth-order valence-corrected chi connectivity index (χ4v) is 3.39. The summed E-state index contributed by atoms with van der Waals surface area (Å²) < 4.78 is 0. The molecule has 5 heteroatoms. The Kier molecular flexibility index (Phi) is 4.87. The van der Waals surface area contributed by atoms with Crippen molar-refractivity contribution < 1.29 is 4.79 Å². The molecular formula is C13H19N3OS. The molecule has 2 atom stereocenters. The highest BCUT2D eigenvalue weighted by Gasteiger charge is 2.25. The average molecular weight is 265 g/mol. The van der Waals surface area contributed by atoms with Crippen molar-refractivity contribution in [3.63, 3.8) is 0 Å². The van der Waals surface area contributed by atoms with Gasteiger partial charge in [-0.1, -0.05) is 6.92 Å². The molecule has 0 spiro atoms. The van der Waals surface area contributed by atoms with Gasteiger partial charge in [0.05, 0.1) is 11.9 Å². The maximum Gasteiger partial charge on any atom is 0.319 e. The van der Waals surface area contributed by atoms with E-state index in [0.717, 1.165) is 24.3 Å². The Morgan fingerprint density at radius 1 is 1.56 bits per heavy atom. The number of carbonyl (C=O) groups is 1. The Hall–Kier alpha value is -1.23. The Morgan fingerprint density at radius 3 is 3.17 bits per heavy atom. The van der Waals surface area contributed by atoms with Crippen LogP contribution in [0, 0.1) is 0 Å². The van der Waals surface area contributed by atoms with Crippen molar-refractivity contribution in [3.8, 4) is 0 Å². The molecule has 1 aliphatic carbocycles. The number of thioether (sulfide) groups is 1. The van der Waals surface area contributed by atoms with E-state index >= 15 is 0 Å². The van der Waals surface area contributed by atoms with Crippen molar-refractivity contribution in [2.45, 2.75) is 37.5 Å². The number of pyridine rings is 1. The third kappa shape index (κ3) is 3.91. The molecule has 98 valence electrons. The molecule has 2 rings (SSSR count). The lowest BCUT2D eigenvalue weighted by atomic mass is 10.2. The highest BCUT2D eigenvalue weighted by atomic mass is 32.2. The highest BCUT2D eigenvalue weighted by Crippen LogP contribution is 2.29. The molecule has 1 fully saturated rings. The first-order valence-corrected chi connectivity index (χ1v) is 7.42. The van der Waals surface area contributed by atoms with E-state index < -0.39 is 0 Å². The molecule has 4 nitrogen and oxygen atoms in total. The number of hydrogen-bond acceptors (Lipinski definition) is 3. The van der Waals surface area contributed by atoms with Gasteiger partial charge in [0.15, 0.2) is 0 Å². The van der Waals surface area contributed by atoms with Gasteiger partial charge in [0.1, 0.15) is 0 Å². The third-order valence-electron chi connectivity index (χ3n) is 3.04. The SMILES string of the molecule is CCS[C@@H]1CC[C@@H](NC(=O)Nc2cccnc2)C1. The van der Waals surface area contributed by atoms with E-state index in [1.165, 1.54) is 6.42 Å². The summed E-state index contributed by atoms with van der Waals surface area (Å²) in [6.45, 7) is 2.18. The number of amides is 2. The molecule has 2 N–H and O–H groups in total. The van der Waals surface area contributed by atoms with Crippen LogP contribution in [0.3, 0.4) is 0 Å². The smallest absolute Gasteiger partial charge is 0.319 e. The molecule has 0 aliphatic heterocycles. The van der Waals surface area contributed by atoms with Gasteiger partial charge in [-0.25, -0.2) is 4.79 Å². The number of anilines is 1. The standard InChI is InChI=1S/C13H19N3OS/c1-2-18-12-6-5-10(8-12)15-13(17)16-11-4-3-7-14-9-11/h3-4,7,9-10,12H,2,5-6,8H2,1H3,(H2,15,16,17)/t10-,12-/m1/s1. The van der Waals surface area contributed by atoms with Gasteiger partial charge in [-0.05, 0) is 37.1 Å². The van der Waals surface area contributed by atoms with Crippen molar-refractivity contribution in [1.29, 1.82) is 0 Å². The molecule has 0 bridgehead atoms. The van der Waals surface area contributed by atoms with Crippen LogP contribution >= 0.6 is 11.8 Å². The topological polar surface area (TPSA) is 54.0 Å². The van der Waals surface area contributed by atoms with Crippen molar-refractivity contribution in [2.24, 2.45) is 0 Å². The second-order valence-corrected chi connectivity index (χ2v) is 6.00. The Morgan fingerprint density at radius 2 is 2.44 bits per heavy atom. The number of nitrogens with zero attached hydrogens (tertiary/aromatic N) is 1. The average Bonchev–Trinajstić information content (AvgIpc) is 2.78. The Balaban J connectivity index is 1.75. The Bertz CT molecular complexity index is 385. The van der Waals surface area contributed by atoms with Gasteiger partial charge in [0.25, 0.3) is 0 Å². The van der Waals surface area contributed by atoms with E-state index in [4.69, 9.17) is 0 Å². The first kappa shape index (κ1) is 13.2. The molecule has 1 aromatic heterocycles. The van der Waals surface area contributed by atoms with Gasteiger partial charge >= 0.3 is 6.03 Å². The van der Waals surface area contributed by atoms with Gasteiger partial charge in [-0.2, -0.15) is 11.8 Å². The van der Waals surface area contributed by atoms with Gasteiger partial charge in [0.2, 0.25) is 0 Å². The molecule has 0 unspecified atom stereocenters. The van der Waals surface area contributed by atoms with Crippen LogP contribution in [0.1, 0.15) is 26.2 Å². The van der Waals surface area contributed by atoms with E-state index in [-0.39, 0.29) is 6.03 Å². The maximum absolute atomic E-state index is 11.8. The van der Waals surface area contributed by atoms with E-state index in [0.29, 0.717) is 11.3 Å². The van der Waals surface area contributed by atoms with E-state index in [1.807, 2.05) is 17.8 Å². The zero-order chi connectivity index (χ0) is 12.8. The van der Waals surface area contributed by atoms with Crippen molar-refractivity contribution in [2.75, 3.05) is 11.1 Å². The molecule has 0 radical (unpaired) electrons. The number of urea groups is 1. The molecule has 1 saturated carbocycles. The lowest BCUT2D eigenvalue weighted by Gasteiger charge is -2.13. The summed E-state index contributed by atoms with van der Waals surface area (Å²) >= 11 is 1.99. The molecule has 0 aromatic carbocycles. The number of aromatic nitrogens is 1. The van der Waals surface area contributed by atoms with Crippen LogP contribution in [0.5, 0.6) is 0 Å². The second-order valence-electron chi connectivity index (χ2n) is 4.43. The van der Waals surface area contributed by atoms with Crippen molar-refractivity contribution >= 4 is 23.5 Å². The van der Waals surface area contributed by atoms with Crippen LogP contribution in [0.15, 0.2) is 24.5 Å². The number of rotatable bonds is 4. The van der Waals surface area contributed by atoms with E-state index in [9.17, 15) is 4.79 Å². The third-order valence-corrected chi connectivity index (χ3v) is 4.27. The highest BCUT2D eigenvalue weighted by molar-refractivity contribution is 7.99. The zero-order valence-electron chi connectivity index (χ0n) is 10.6. The summed E-state index contributed by atoms with van der Waals surface area (Å²) in [6.07, 6.45) is 6.70. The van der Waals surface area contributed by atoms with Crippen LogP contribution < -0.4 is 10.6 Å². The summed E-state index contributed by atoms with van der Waals surface area (Å²) in [5.74, 6) is 1.15. The van der Waals surface area contributed by atoms with Crippen molar-refractivity contribution in [1.82, 2.24) is 10.3 Å². The van der Waals surface area contributed by atoms with Crippen LogP contribution in [-0.4, -0.2) is 28.1 Å². The maximum atomic E-state index is 11.8. The number of carbonyl (C=O) groups excluding carboxylic acids is 1. The molecule has 1 heterocycles. The lowest BCUT2D eigenvalue weighted by molar-refractivity contribution is 0.248. The van der Waals surface area contributed by atoms with Crippen LogP contribution in [0.25, 0.3) is 0 Å².